The highest BCUT2D eigenvalue weighted by atomic mass is 16.5. The van der Waals surface area contributed by atoms with Crippen LogP contribution in [0.1, 0.15) is 57.8 Å². The molecule has 0 aromatic heterocycles. The molecular formula is C16H32N2O. The van der Waals surface area contributed by atoms with Gasteiger partial charge in [-0.3, -0.25) is 0 Å². The highest BCUT2D eigenvalue weighted by Crippen LogP contribution is 2.11. The van der Waals surface area contributed by atoms with Crippen LogP contribution >= 0.6 is 0 Å². The summed E-state index contributed by atoms with van der Waals surface area (Å²) in [5.74, 6) is 0. The van der Waals surface area contributed by atoms with E-state index in [1.54, 1.807) is 0 Å². The van der Waals surface area contributed by atoms with E-state index in [-0.39, 0.29) is 0 Å². The van der Waals surface area contributed by atoms with Crippen molar-refractivity contribution >= 4 is 0 Å². The third kappa shape index (κ3) is 6.73. The Kier molecular flexibility index (Phi) is 7.82. The lowest BCUT2D eigenvalue weighted by atomic mass is 10.1. The predicted molar refractivity (Wildman–Crippen MR) is 80.6 cm³/mol. The van der Waals surface area contributed by atoms with Gasteiger partial charge < -0.3 is 15.0 Å². The summed E-state index contributed by atoms with van der Waals surface area (Å²) in [6.45, 7) is 7.28. The third-order valence-corrected chi connectivity index (χ3v) is 4.46. The summed E-state index contributed by atoms with van der Waals surface area (Å²) < 4.78 is 5.93. The van der Waals surface area contributed by atoms with Gasteiger partial charge in [0.25, 0.3) is 0 Å². The number of piperidine rings is 2. The first kappa shape index (κ1) is 15.3. The first-order valence-corrected chi connectivity index (χ1v) is 8.50. The van der Waals surface area contributed by atoms with Crippen LogP contribution in [0.15, 0.2) is 0 Å². The lowest BCUT2D eigenvalue weighted by Gasteiger charge is -2.26. The molecule has 0 aromatic rings. The first-order chi connectivity index (χ1) is 9.45. The Labute approximate surface area is 119 Å². The Morgan fingerprint density at radius 3 is 2.42 bits per heavy atom. The molecule has 3 heteroatoms. The second-order valence-electron chi connectivity index (χ2n) is 6.14. The number of hydrogen-bond acceptors (Lipinski definition) is 3. The van der Waals surface area contributed by atoms with Crippen LogP contribution in [-0.4, -0.2) is 50.3 Å². The standard InChI is InChI=1S/C16H32N2O/c1(4-12-18-13-5-3-6-14-18)2-7-15-19-16-8-10-17-11-9-16/h16-17H,1-15H2. The molecule has 0 bridgehead atoms. The van der Waals surface area contributed by atoms with Crippen LogP contribution in [0.3, 0.4) is 0 Å². The predicted octanol–water partition coefficient (Wildman–Crippen LogP) is 2.80. The molecule has 0 aromatic carbocycles. The molecule has 2 rings (SSSR count). The van der Waals surface area contributed by atoms with E-state index >= 15 is 0 Å². The molecule has 0 atom stereocenters. The molecule has 0 amide bonds. The normalized spacial score (nSPS) is 22.7. The molecule has 3 nitrogen and oxygen atoms in total. The maximum Gasteiger partial charge on any atom is 0.0599 e. The van der Waals surface area contributed by atoms with Crippen LogP contribution in [0, 0.1) is 0 Å². The summed E-state index contributed by atoms with van der Waals surface area (Å²) >= 11 is 0. The SMILES string of the molecule is C(CCCN1CCCCC1)CCOC1CCNCC1. The Hall–Kier alpha value is -0.120. The van der Waals surface area contributed by atoms with Crippen molar-refractivity contribution in [3.63, 3.8) is 0 Å². The van der Waals surface area contributed by atoms with Crippen molar-refractivity contribution < 1.29 is 4.74 Å². The van der Waals surface area contributed by atoms with Gasteiger partial charge in [0, 0.05) is 6.61 Å². The van der Waals surface area contributed by atoms with Crippen molar-refractivity contribution in [3.8, 4) is 0 Å². The van der Waals surface area contributed by atoms with Gasteiger partial charge in [-0.25, -0.2) is 0 Å². The number of hydrogen-bond donors (Lipinski definition) is 1. The lowest BCUT2D eigenvalue weighted by molar-refractivity contribution is 0.0306. The molecule has 1 N–H and O–H groups in total. The van der Waals surface area contributed by atoms with Crippen LogP contribution in [0.2, 0.25) is 0 Å². The van der Waals surface area contributed by atoms with E-state index in [0.717, 1.165) is 19.7 Å². The fourth-order valence-corrected chi connectivity index (χ4v) is 3.19. The second kappa shape index (κ2) is 9.73. The monoisotopic (exact) mass is 268 g/mol. The smallest absolute Gasteiger partial charge is 0.0599 e. The average Bonchev–Trinajstić information content (AvgIpc) is 2.48. The summed E-state index contributed by atoms with van der Waals surface area (Å²) in [7, 11) is 0. The van der Waals surface area contributed by atoms with Gasteiger partial charge in [-0.1, -0.05) is 19.3 Å². The number of rotatable bonds is 8. The van der Waals surface area contributed by atoms with Crippen molar-refractivity contribution in [3.05, 3.63) is 0 Å². The lowest BCUT2D eigenvalue weighted by Crippen LogP contribution is -2.32. The number of ether oxygens (including phenoxy) is 1. The molecule has 2 fully saturated rings. The zero-order valence-electron chi connectivity index (χ0n) is 12.5. The van der Waals surface area contributed by atoms with Crippen molar-refractivity contribution in [1.29, 1.82) is 0 Å². The van der Waals surface area contributed by atoms with E-state index in [0.29, 0.717) is 6.10 Å². The van der Waals surface area contributed by atoms with Crippen LogP contribution < -0.4 is 5.32 Å². The van der Waals surface area contributed by atoms with E-state index in [9.17, 15) is 0 Å². The fourth-order valence-electron chi connectivity index (χ4n) is 3.19. The van der Waals surface area contributed by atoms with Gasteiger partial charge in [-0.2, -0.15) is 0 Å². The van der Waals surface area contributed by atoms with Crippen LogP contribution in [0.5, 0.6) is 0 Å². The zero-order valence-corrected chi connectivity index (χ0v) is 12.5. The minimum absolute atomic E-state index is 0.537. The molecular weight excluding hydrogens is 236 g/mol. The molecule has 0 radical (unpaired) electrons. The maximum absolute atomic E-state index is 5.93. The van der Waals surface area contributed by atoms with Crippen molar-refractivity contribution in [2.24, 2.45) is 0 Å². The number of nitrogens with one attached hydrogen (secondary N) is 1. The second-order valence-corrected chi connectivity index (χ2v) is 6.14. The Morgan fingerprint density at radius 2 is 1.63 bits per heavy atom. The van der Waals surface area contributed by atoms with E-state index in [1.165, 1.54) is 77.4 Å². The van der Waals surface area contributed by atoms with Gasteiger partial charge in [0.05, 0.1) is 6.10 Å². The van der Waals surface area contributed by atoms with Gasteiger partial charge in [0.15, 0.2) is 0 Å². The van der Waals surface area contributed by atoms with Gasteiger partial charge in [0.1, 0.15) is 0 Å². The molecule has 2 heterocycles. The Bertz CT molecular complexity index is 189. The molecule has 2 aliphatic heterocycles. The van der Waals surface area contributed by atoms with Gasteiger partial charge in [0.2, 0.25) is 0 Å². The van der Waals surface area contributed by atoms with Gasteiger partial charge in [-0.05, 0) is 71.2 Å². The van der Waals surface area contributed by atoms with Crippen molar-refractivity contribution in [1.82, 2.24) is 10.2 Å². The molecule has 0 aliphatic carbocycles. The highest BCUT2D eigenvalue weighted by molar-refractivity contribution is 4.68. The van der Waals surface area contributed by atoms with Crippen molar-refractivity contribution in [2.75, 3.05) is 39.3 Å². The molecule has 19 heavy (non-hydrogen) atoms. The maximum atomic E-state index is 5.93. The summed E-state index contributed by atoms with van der Waals surface area (Å²) in [5.41, 5.74) is 0. The summed E-state index contributed by atoms with van der Waals surface area (Å²) in [4.78, 5) is 2.65. The molecule has 112 valence electrons. The minimum atomic E-state index is 0.537. The minimum Gasteiger partial charge on any atom is -0.378 e. The molecule has 0 saturated carbocycles. The van der Waals surface area contributed by atoms with Crippen molar-refractivity contribution in [2.45, 2.75) is 63.9 Å². The zero-order chi connectivity index (χ0) is 13.2. The van der Waals surface area contributed by atoms with E-state index in [2.05, 4.69) is 10.2 Å². The number of unbranched alkanes of at least 4 members (excludes halogenated alkanes) is 3. The van der Waals surface area contributed by atoms with E-state index in [1.807, 2.05) is 0 Å². The summed E-state index contributed by atoms with van der Waals surface area (Å²) in [6.07, 6.45) is 12.6. The molecule has 2 saturated heterocycles. The topological polar surface area (TPSA) is 24.5 Å². The number of likely N-dealkylation sites (tertiary alicyclic amines) is 1. The summed E-state index contributed by atoms with van der Waals surface area (Å²) in [6, 6.07) is 0. The Balaban J connectivity index is 1.35. The first-order valence-electron chi connectivity index (χ1n) is 8.50. The van der Waals surface area contributed by atoms with Gasteiger partial charge >= 0.3 is 0 Å². The molecule has 0 unspecified atom stereocenters. The van der Waals surface area contributed by atoms with Crippen LogP contribution in [0.25, 0.3) is 0 Å². The van der Waals surface area contributed by atoms with Crippen LogP contribution in [-0.2, 0) is 4.74 Å². The van der Waals surface area contributed by atoms with Crippen LogP contribution in [0.4, 0.5) is 0 Å². The molecule has 2 aliphatic rings. The number of nitrogens with zero attached hydrogens (tertiary/aromatic N) is 1. The Morgan fingerprint density at radius 1 is 0.895 bits per heavy atom. The van der Waals surface area contributed by atoms with Gasteiger partial charge in [-0.15, -0.1) is 0 Å². The quantitative estimate of drug-likeness (QED) is 0.685. The average molecular weight is 268 g/mol. The fraction of sp³-hybridized carbons (Fsp3) is 1.00. The highest BCUT2D eigenvalue weighted by Gasteiger charge is 2.12. The molecule has 0 spiro atoms. The summed E-state index contributed by atoms with van der Waals surface area (Å²) in [5, 5.41) is 3.38. The third-order valence-electron chi connectivity index (χ3n) is 4.46. The van der Waals surface area contributed by atoms with E-state index in [4.69, 9.17) is 4.74 Å². The van der Waals surface area contributed by atoms with E-state index < -0.39 is 0 Å². The largest absolute Gasteiger partial charge is 0.378 e.